The fourth-order valence-corrected chi connectivity index (χ4v) is 1.37. The fourth-order valence-electron chi connectivity index (χ4n) is 1.37. The molecule has 1 aliphatic carbocycles. The Kier molecular flexibility index (Phi) is 3.02. The van der Waals surface area contributed by atoms with Gasteiger partial charge in [0.2, 0.25) is 0 Å². The summed E-state index contributed by atoms with van der Waals surface area (Å²) in [6.45, 7) is 0. The number of Topliss-reactive ketones (excluding diaryl/α,β-unsaturated/α-hetero) is 1. The molecule has 12 heavy (non-hydrogen) atoms. The number of carboxylic acids is 1. The van der Waals surface area contributed by atoms with E-state index in [2.05, 4.69) is 0 Å². The molecule has 0 aromatic carbocycles. The Morgan fingerprint density at radius 1 is 1.42 bits per heavy atom. The topological polar surface area (TPSA) is 54.4 Å². The number of aliphatic carboxylic acids is 1. The van der Waals surface area contributed by atoms with Gasteiger partial charge in [-0.15, -0.1) is 0 Å². The van der Waals surface area contributed by atoms with E-state index >= 15 is 0 Å². The van der Waals surface area contributed by atoms with Gasteiger partial charge in [0.15, 0.2) is 0 Å². The second-order valence-corrected chi connectivity index (χ2v) is 3.07. The van der Waals surface area contributed by atoms with E-state index in [9.17, 15) is 9.59 Å². The third kappa shape index (κ3) is 2.86. The van der Waals surface area contributed by atoms with Gasteiger partial charge in [0.05, 0.1) is 0 Å². The van der Waals surface area contributed by atoms with Crippen molar-refractivity contribution in [2.75, 3.05) is 0 Å². The molecule has 0 radical (unpaired) electrons. The SMILES string of the molecule is O=C(O)C=CC1CCC(=O)CC1. The molecule has 0 saturated heterocycles. The number of hydrogen-bond acceptors (Lipinski definition) is 2. The van der Waals surface area contributed by atoms with E-state index in [1.807, 2.05) is 0 Å². The van der Waals surface area contributed by atoms with Crippen LogP contribution >= 0.6 is 0 Å². The molecule has 0 aliphatic heterocycles. The van der Waals surface area contributed by atoms with E-state index in [4.69, 9.17) is 5.11 Å². The minimum atomic E-state index is -0.910. The molecule has 3 nitrogen and oxygen atoms in total. The number of carbonyl (C=O) groups excluding carboxylic acids is 1. The van der Waals surface area contributed by atoms with Gasteiger partial charge in [-0.05, 0) is 18.8 Å². The first-order valence-electron chi connectivity index (χ1n) is 4.11. The molecule has 1 aliphatic rings. The highest BCUT2D eigenvalue weighted by atomic mass is 16.4. The molecule has 1 saturated carbocycles. The van der Waals surface area contributed by atoms with Gasteiger partial charge in [0, 0.05) is 18.9 Å². The van der Waals surface area contributed by atoms with Gasteiger partial charge in [0.1, 0.15) is 5.78 Å². The van der Waals surface area contributed by atoms with Crippen LogP contribution in [0.1, 0.15) is 25.7 Å². The monoisotopic (exact) mass is 168 g/mol. The van der Waals surface area contributed by atoms with E-state index in [0.717, 1.165) is 12.8 Å². The molecule has 0 unspecified atom stereocenters. The van der Waals surface area contributed by atoms with E-state index in [1.54, 1.807) is 6.08 Å². The van der Waals surface area contributed by atoms with E-state index in [1.165, 1.54) is 6.08 Å². The van der Waals surface area contributed by atoms with Crippen molar-refractivity contribution in [3.05, 3.63) is 12.2 Å². The summed E-state index contributed by atoms with van der Waals surface area (Å²) < 4.78 is 0. The van der Waals surface area contributed by atoms with E-state index in [0.29, 0.717) is 24.5 Å². The molecular weight excluding hydrogens is 156 g/mol. The molecule has 66 valence electrons. The zero-order valence-corrected chi connectivity index (χ0v) is 6.82. The molecule has 1 fully saturated rings. The summed E-state index contributed by atoms with van der Waals surface area (Å²) in [4.78, 5) is 21.0. The highest BCUT2D eigenvalue weighted by Crippen LogP contribution is 2.22. The standard InChI is InChI=1S/C9H12O3/c10-8-4-1-7(2-5-8)3-6-9(11)12/h3,6-7H,1-2,4-5H2,(H,11,12). The highest BCUT2D eigenvalue weighted by Gasteiger charge is 2.16. The molecule has 0 heterocycles. The Hall–Kier alpha value is -1.12. The van der Waals surface area contributed by atoms with Crippen molar-refractivity contribution in [3.8, 4) is 0 Å². The molecule has 1 rings (SSSR count). The Balaban J connectivity index is 2.35. The first kappa shape index (κ1) is 8.97. The van der Waals surface area contributed by atoms with Gasteiger partial charge < -0.3 is 5.11 Å². The van der Waals surface area contributed by atoms with Crippen LogP contribution in [0.5, 0.6) is 0 Å². The molecule has 0 aromatic rings. The van der Waals surface area contributed by atoms with Gasteiger partial charge in [-0.2, -0.15) is 0 Å². The van der Waals surface area contributed by atoms with Crippen molar-refractivity contribution in [3.63, 3.8) is 0 Å². The van der Waals surface area contributed by atoms with Crippen LogP contribution in [0.3, 0.4) is 0 Å². The van der Waals surface area contributed by atoms with Crippen LogP contribution < -0.4 is 0 Å². The molecule has 0 amide bonds. The van der Waals surface area contributed by atoms with Crippen LogP contribution in [-0.4, -0.2) is 16.9 Å². The minimum absolute atomic E-state index is 0.291. The zero-order chi connectivity index (χ0) is 8.97. The largest absolute Gasteiger partial charge is 0.478 e. The quantitative estimate of drug-likeness (QED) is 0.634. The lowest BCUT2D eigenvalue weighted by Crippen LogP contribution is -2.12. The first-order valence-corrected chi connectivity index (χ1v) is 4.11. The Bertz CT molecular complexity index is 208. The summed E-state index contributed by atoms with van der Waals surface area (Å²) in [5, 5.41) is 8.34. The maximum Gasteiger partial charge on any atom is 0.327 e. The third-order valence-electron chi connectivity index (χ3n) is 2.10. The van der Waals surface area contributed by atoms with Crippen LogP contribution in [0.15, 0.2) is 12.2 Å². The Morgan fingerprint density at radius 2 is 2.00 bits per heavy atom. The molecule has 1 N–H and O–H groups in total. The maximum atomic E-state index is 10.8. The van der Waals surface area contributed by atoms with Crippen LogP contribution in [0.4, 0.5) is 0 Å². The third-order valence-corrected chi connectivity index (χ3v) is 2.10. The molecular formula is C9H12O3. The maximum absolute atomic E-state index is 10.8. The van der Waals surface area contributed by atoms with E-state index in [-0.39, 0.29) is 0 Å². The summed E-state index contributed by atoms with van der Waals surface area (Å²) in [7, 11) is 0. The number of allylic oxidation sites excluding steroid dienone is 1. The lowest BCUT2D eigenvalue weighted by molar-refractivity contribution is -0.131. The Morgan fingerprint density at radius 3 is 2.50 bits per heavy atom. The summed E-state index contributed by atoms with van der Waals surface area (Å²) in [6.07, 6.45) is 5.68. The number of carboxylic acid groups (broad SMARTS) is 1. The highest BCUT2D eigenvalue weighted by molar-refractivity contribution is 5.80. The number of rotatable bonds is 2. The predicted molar refractivity (Wildman–Crippen MR) is 43.7 cm³/mol. The average molecular weight is 168 g/mol. The second kappa shape index (κ2) is 4.04. The summed E-state index contributed by atoms with van der Waals surface area (Å²) >= 11 is 0. The van der Waals surface area contributed by atoms with Crippen LogP contribution in [-0.2, 0) is 9.59 Å². The molecule has 3 heteroatoms. The lowest BCUT2D eigenvalue weighted by atomic mass is 9.88. The lowest BCUT2D eigenvalue weighted by Gasteiger charge is -2.16. The minimum Gasteiger partial charge on any atom is -0.478 e. The van der Waals surface area contributed by atoms with Crippen molar-refractivity contribution in [1.29, 1.82) is 0 Å². The molecule has 0 aromatic heterocycles. The number of carbonyl (C=O) groups is 2. The fraction of sp³-hybridized carbons (Fsp3) is 0.556. The number of hydrogen-bond donors (Lipinski definition) is 1. The summed E-state index contributed by atoms with van der Waals surface area (Å²) in [5.41, 5.74) is 0. The van der Waals surface area contributed by atoms with Gasteiger partial charge in [0.25, 0.3) is 0 Å². The molecule has 0 atom stereocenters. The van der Waals surface area contributed by atoms with Crippen molar-refractivity contribution in [2.24, 2.45) is 5.92 Å². The smallest absolute Gasteiger partial charge is 0.327 e. The van der Waals surface area contributed by atoms with Gasteiger partial charge >= 0.3 is 5.97 Å². The zero-order valence-electron chi connectivity index (χ0n) is 6.82. The van der Waals surface area contributed by atoms with E-state index < -0.39 is 5.97 Å². The van der Waals surface area contributed by atoms with Crippen molar-refractivity contribution >= 4 is 11.8 Å². The average Bonchev–Trinajstić information content (AvgIpc) is 2.03. The second-order valence-electron chi connectivity index (χ2n) is 3.07. The number of ketones is 1. The van der Waals surface area contributed by atoms with Crippen molar-refractivity contribution < 1.29 is 14.7 Å². The van der Waals surface area contributed by atoms with Crippen molar-refractivity contribution in [2.45, 2.75) is 25.7 Å². The molecule has 0 bridgehead atoms. The first-order chi connectivity index (χ1) is 5.68. The predicted octanol–water partition coefficient (Wildman–Crippen LogP) is 1.39. The van der Waals surface area contributed by atoms with Crippen molar-refractivity contribution in [1.82, 2.24) is 0 Å². The van der Waals surface area contributed by atoms with Crippen LogP contribution in [0, 0.1) is 5.92 Å². The normalized spacial score (nSPS) is 20.2. The van der Waals surface area contributed by atoms with Gasteiger partial charge in [-0.3, -0.25) is 4.79 Å². The molecule has 0 spiro atoms. The summed E-state index contributed by atoms with van der Waals surface area (Å²) in [6, 6.07) is 0. The summed E-state index contributed by atoms with van der Waals surface area (Å²) in [5.74, 6) is -0.319. The Labute approximate surface area is 71.1 Å². The van der Waals surface area contributed by atoms with Crippen LogP contribution in [0.25, 0.3) is 0 Å². The van der Waals surface area contributed by atoms with Gasteiger partial charge in [-0.25, -0.2) is 4.79 Å². The van der Waals surface area contributed by atoms with Gasteiger partial charge in [-0.1, -0.05) is 6.08 Å². The van der Waals surface area contributed by atoms with Crippen LogP contribution in [0.2, 0.25) is 0 Å².